The molecule has 0 saturated carbocycles. The Bertz CT molecular complexity index is 599. The van der Waals surface area contributed by atoms with Crippen molar-refractivity contribution in [2.75, 3.05) is 0 Å². The van der Waals surface area contributed by atoms with Gasteiger partial charge < -0.3 is 5.32 Å². The van der Waals surface area contributed by atoms with Crippen LogP contribution in [-0.4, -0.2) is 10.7 Å². The third-order valence-electron chi connectivity index (χ3n) is 4.09. The molecular weight excluding hydrogens is 326 g/mol. The predicted molar refractivity (Wildman–Crippen MR) is 88.5 cm³/mol. The predicted octanol–water partition coefficient (Wildman–Crippen LogP) is 4.19. The molecular formula is C18H18BrNO. The molecule has 1 N–H and O–H groups in total. The lowest BCUT2D eigenvalue weighted by Gasteiger charge is -2.21. The number of carbonyl (C=O) groups is 1. The molecule has 3 heteroatoms. The van der Waals surface area contributed by atoms with Crippen LogP contribution in [0.5, 0.6) is 0 Å². The van der Waals surface area contributed by atoms with Gasteiger partial charge in [-0.25, -0.2) is 0 Å². The summed E-state index contributed by atoms with van der Waals surface area (Å²) in [6.07, 6.45) is 1.76. The lowest BCUT2D eigenvalue weighted by molar-refractivity contribution is -0.120. The SMILES string of the molecule is O=C1NC(c2ccccc2)CC(c2ccccc2)CC1Br. The van der Waals surface area contributed by atoms with Crippen molar-refractivity contribution in [3.05, 3.63) is 71.8 Å². The Morgan fingerprint density at radius 1 is 0.857 bits per heavy atom. The maximum absolute atomic E-state index is 12.2. The van der Waals surface area contributed by atoms with Gasteiger partial charge in [-0.1, -0.05) is 76.6 Å². The Morgan fingerprint density at radius 2 is 1.43 bits per heavy atom. The number of alkyl halides is 1. The molecule has 1 aliphatic rings. The van der Waals surface area contributed by atoms with E-state index in [1.807, 2.05) is 24.3 Å². The normalized spacial score (nSPS) is 26.0. The molecule has 2 nitrogen and oxygen atoms in total. The van der Waals surface area contributed by atoms with Crippen LogP contribution in [0.3, 0.4) is 0 Å². The molecule has 1 heterocycles. The minimum absolute atomic E-state index is 0.0754. The number of hydrogen-bond acceptors (Lipinski definition) is 1. The third kappa shape index (κ3) is 3.35. The van der Waals surface area contributed by atoms with Crippen molar-refractivity contribution in [3.8, 4) is 0 Å². The molecule has 1 amide bonds. The first-order valence-corrected chi connectivity index (χ1v) is 8.20. The summed E-state index contributed by atoms with van der Waals surface area (Å²) in [6.45, 7) is 0. The zero-order valence-corrected chi connectivity index (χ0v) is 13.3. The molecule has 1 fully saturated rings. The van der Waals surface area contributed by atoms with Crippen LogP contribution in [0.1, 0.15) is 35.9 Å². The van der Waals surface area contributed by atoms with E-state index in [1.165, 1.54) is 11.1 Å². The Labute approximate surface area is 133 Å². The van der Waals surface area contributed by atoms with Crippen molar-refractivity contribution in [1.29, 1.82) is 0 Å². The lowest BCUT2D eigenvalue weighted by atomic mass is 9.87. The van der Waals surface area contributed by atoms with Crippen LogP contribution >= 0.6 is 15.9 Å². The summed E-state index contributed by atoms with van der Waals surface area (Å²) < 4.78 is 0. The van der Waals surface area contributed by atoms with Gasteiger partial charge in [-0.3, -0.25) is 4.79 Å². The average Bonchev–Trinajstić information content (AvgIpc) is 2.69. The number of halogens is 1. The molecule has 0 spiro atoms. The summed E-state index contributed by atoms with van der Waals surface area (Å²) in [4.78, 5) is 12.1. The van der Waals surface area contributed by atoms with Crippen molar-refractivity contribution in [3.63, 3.8) is 0 Å². The van der Waals surface area contributed by atoms with Gasteiger partial charge in [0.15, 0.2) is 0 Å². The first kappa shape index (κ1) is 14.3. The molecule has 0 radical (unpaired) electrons. The molecule has 2 aromatic rings. The van der Waals surface area contributed by atoms with E-state index < -0.39 is 0 Å². The summed E-state index contributed by atoms with van der Waals surface area (Å²) in [5.74, 6) is 0.460. The molecule has 21 heavy (non-hydrogen) atoms. The highest BCUT2D eigenvalue weighted by Crippen LogP contribution is 2.36. The number of benzene rings is 2. The summed E-state index contributed by atoms with van der Waals surface area (Å²) in [6, 6.07) is 20.8. The van der Waals surface area contributed by atoms with Gasteiger partial charge in [0.05, 0.1) is 10.9 Å². The van der Waals surface area contributed by atoms with E-state index in [9.17, 15) is 4.79 Å². The van der Waals surface area contributed by atoms with E-state index >= 15 is 0 Å². The van der Waals surface area contributed by atoms with Crippen molar-refractivity contribution >= 4 is 21.8 Å². The Kier molecular flexibility index (Phi) is 4.39. The first-order valence-electron chi connectivity index (χ1n) is 7.28. The molecule has 3 unspecified atom stereocenters. The summed E-state index contributed by atoms with van der Waals surface area (Å²) in [5, 5.41) is 3.16. The highest BCUT2D eigenvalue weighted by Gasteiger charge is 2.30. The Morgan fingerprint density at radius 3 is 2.05 bits per heavy atom. The van der Waals surface area contributed by atoms with Gasteiger partial charge in [0.1, 0.15) is 0 Å². The van der Waals surface area contributed by atoms with E-state index in [-0.39, 0.29) is 16.8 Å². The monoisotopic (exact) mass is 343 g/mol. The highest BCUT2D eigenvalue weighted by atomic mass is 79.9. The maximum atomic E-state index is 12.2. The summed E-state index contributed by atoms with van der Waals surface area (Å²) in [5.41, 5.74) is 2.48. The van der Waals surface area contributed by atoms with Gasteiger partial charge in [-0.2, -0.15) is 0 Å². The lowest BCUT2D eigenvalue weighted by Crippen LogP contribution is -2.31. The molecule has 1 saturated heterocycles. The zero-order chi connectivity index (χ0) is 14.7. The molecule has 108 valence electrons. The molecule has 0 aromatic heterocycles. The topological polar surface area (TPSA) is 29.1 Å². The summed E-state index contributed by atoms with van der Waals surface area (Å²) >= 11 is 3.53. The van der Waals surface area contributed by atoms with Gasteiger partial charge in [-0.05, 0) is 29.9 Å². The van der Waals surface area contributed by atoms with Crippen LogP contribution in [0.4, 0.5) is 0 Å². The third-order valence-corrected chi connectivity index (χ3v) is 4.88. The Hall–Kier alpha value is -1.61. The van der Waals surface area contributed by atoms with Crippen LogP contribution < -0.4 is 5.32 Å². The quantitative estimate of drug-likeness (QED) is 0.814. The van der Waals surface area contributed by atoms with Crippen molar-refractivity contribution in [2.45, 2.75) is 29.6 Å². The van der Waals surface area contributed by atoms with Crippen molar-refractivity contribution in [2.24, 2.45) is 0 Å². The average molecular weight is 344 g/mol. The number of amides is 1. The largest absolute Gasteiger partial charge is 0.348 e. The van der Waals surface area contributed by atoms with E-state index in [0.717, 1.165) is 12.8 Å². The molecule has 1 aliphatic heterocycles. The minimum atomic E-state index is -0.128. The van der Waals surface area contributed by atoms with Gasteiger partial charge in [0.2, 0.25) is 5.91 Å². The van der Waals surface area contributed by atoms with Crippen molar-refractivity contribution < 1.29 is 4.79 Å². The number of carbonyl (C=O) groups excluding carboxylic acids is 1. The molecule has 0 bridgehead atoms. The second kappa shape index (κ2) is 6.44. The number of nitrogens with one attached hydrogen (secondary N) is 1. The van der Waals surface area contributed by atoms with E-state index in [0.29, 0.717) is 5.92 Å². The van der Waals surface area contributed by atoms with Gasteiger partial charge in [-0.15, -0.1) is 0 Å². The van der Waals surface area contributed by atoms with Crippen LogP contribution in [0, 0.1) is 0 Å². The number of rotatable bonds is 2. The van der Waals surface area contributed by atoms with E-state index in [1.54, 1.807) is 0 Å². The second-order valence-electron chi connectivity index (χ2n) is 5.52. The van der Waals surface area contributed by atoms with Gasteiger partial charge in [0.25, 0.3) is 0 Å². The fourth-order valence-corrected chi connectivity index (χ4v) is 3.54. The molecule has 2 aromatic carbocycles. The molecule has 3 atom stereocenters. The highest BCUT2D eigenvalue weighted by molar-refractivity contribution is 9.10. The van der Waals surface area contributed by atoms with Crippen LogP contribution in [0.25, 0.3) is 0 Å². The second-order valence-corrected chi connectivity index (χ2v) is 6.62. The van der Waals surface area contributed by atoms with Gasteiger partial charge in [0, 0.05) is 0 Å². The van der Waals surface area contributed by atoms with Gasteiger partial charge >= 0.3 is 0 Å². The van der Waals surface area contributed by atoms with Crippen LogP contribution in [0.15, 0.2) is 60.7 Å². The van der Waals surface area contributed by atoms with Crippen LogP contribution in [-0.2, 0) is 4.79 Å². The molecule has 3 rings (SSSR count). The van der Waals surface area contributed by atoms with E-state index in [2.05, 4.69) is 57.6 Å². The first-order chi connectivity index (χ1) is 10.2. The van der Waals surface area contributed by atoms with Crippen molar-refractivity contribution in [1.82, 2.24) is 5.32 Å². The maximum Gasteiger partial charge on any atom is 0.234 e. The molecule has 0 aliphatic carbocycles. The number of hydrogen-bond donors (Lipinski definition) is 1. The fraction of sp³-hybridized carbons (Fsp3) is 0.278. The Balaban J connectivity index is 1.90. The standard InChI is InChI=1S/C18H18BrNO/c19-16-11-15(13-7-3-1-4-8-13)12-17(20-18(16)21)14-9-5-2-6-10-14/h1-10,15-17H,11-12H2,(H,20,21). The minimum Gasteiger partial charge on any atom is -0.348 e. The zero-order valence-electron chi connectivity index (χ0n) is 11.7. The summed E-state index contributed by atoms with van der Waals surface area (Å²) in [7, 11) is 0. The van der Waals surface area contributed by atoms with E-state index in [4.69, 9.17) is 0 Å². The smallest absolute Gasteiger partial charge is 0.234 e. The fourth-order valence-electron chi connectivity index (χ4n) is 2.96. The van der Waals surface area contributed by atoms with Crippen LogP contribution in [0.2, 0.25) is 0 Å².